The number of hydrogen-bond acceptors (Lipinski definition) is 2. The van der Waals surface area contributed by atoms with Gasteiger partial charge in [-0.05, 0) is 31.6 Å². The summed E-state index contributed by atoms with van der Waals surface area (Å²) in [4.78, 5) is 0. The normalized spacial score (nSPS) is 27.9. The number of thioether (sulfide) groups is 1. The van der Waals surface area contributed by atoms with Crippen molar-refractivity contribution in [3.05, 3.63) is 35.6 Å². The Labute approximate surface area is 94.2 Å². The van der Waals surface area contributed by atoms with Gasteiger partial charge in [-0.1, -0.05) is 18.2 Å². The molecule has 0 amide bonds. The molecule has 1 aromatic carbocycles. The van der Waals surface area contributed by atoms with Crippen molar-refractivity contribution in [2.45, 2.75) is 30.6 Å². The summed E-state index contributed by atoms with van der Waals surface area (Å²) in [5, 5.41) is 0. The molecule has 0 aromatic heterocycles. The van der Waals surface area contributed by atoms with Crippen LogP contribution in [0, 0.1) is 5.82 Å². The first kappa shape index (κ1) is 11.0. The zero-order chi connectivity index (χ0) is 10.9. The van der Waals surface area contributed by atoms with E-state index in [0.717, 1.165) is 12.2 Å². The number of rotatable bonds is 2. The lowest BCUT2D eigenvalue weighted by Crippen LogP contribution is -2.33. The predicted molar refractivity (Wildman–Crippen MR) is 63.4 cm³/mol. The Kier molecular flexibility index (Phi) is 3.03. The van der Waals surface area contributed by atoms with Crippen molar-refractivity contribution < 1.29 is 4.39 Å². The first-order valence-electron chi connectivity index (χ1n) is 5.27. The first-order valence-corrected chi connectivity index (χ1v) is 6.26. The fourth-order valence-corrected chi connectivity index (χ4v) is 3.45. The second-order valence-electron chi connectivity index (χ2n) is 4.26. The molecule has 1 aliphatic rings. The van der Waals surface area contributed by atoms with E-state index in [0.29, 0.717) is 5.56 Å². The van der Waals surface area contributed by atoms with Crippen LogP contribution in [0.1, 0.15) is 31.4 Å². The second-order valence-corrected chi connectivity index (χ2v) is 5.89. The topological polar surface area (TPSA) is 26.0 Å². The fraction of sp³-hybridized carbons (Fsp3) is 0.500. The quantitative estimate of drug-likeness (QED) is 0.837. The van der Waals surface area contributed by atoms with E-state index in [2.05, 4.69) is 6.92 Å². The maximum Gasteiger partial charge on any atom is 0.128 e. The second kappa shape index (κ2) is 4.14. The molecule has 1 fully saturated rings. The van der Waals surface area contributed by atoms with E-state index in [-0.39, 0.29) is 16.6 Å². The van der Waals surface area contributed by atoms with Gasteiger partial charge in [0, 0.05) is 16.4 Å². The minimum atomic E-state index is -0.203. The van der Waals surface area contributed by atoms with Gasteiger partial charge in [0.25, 0.3) is 0 Å². The van der Waals surface area contributed by atoms with E-state index >= 15 is 0 Å². The monoisotopic (exact) mass is 225 g/mol. The molecule has 3 heteroatoms. The van der Waals surface area contributed by atoms with Gasteiger partial charge in [0.1, 0.15) is 5.82 Å². The van der Waals surface area contributed by atoms with Gasteiger partial charge in [0.2, 0.25) is 0 Å². The van der Waals surface area contributed by atoms with Gasteiger partial charge in [0.05, 0.1) is 0 Å². The lowest BCUT2D eigenvalue weighted by atomic mass is 9.91. The zero-order valence-corrected chi connectivity index (χ0v) is 9.69. The molecular weight excluding hydrogens is 209 g/mol. The highest BCUT2D eigenvalue weighted by atomic mass is 32.2. The zero-order valence-electron chi connectivity index (χ0n) is 8.87. The van der Waals surface area contributed by atoms with Crippen molar-refractivity contribution in [1.29, 1.82) is 0 Å². The highest BCUT2D eigenvalue weighted by molar-refractivity contribution is 8.00. The fourth-order valence-electron chi connectivity index (χ4n) is 2.10. The predicted octanol–water partition coefficient (Wildman–Crippen LogP) is 3.11. The molecule has 2 unspecified atom stereocenters. The van der Waals surface area contributed by atoms with Crippen LogP contribution in [0.5, 0.6) is 0 Å². The molecule has 1 heterocycles. The molecule has 2 rings (SSSR count). The molecule has 0 radical (unpaired) electrons. The largest absolute Gasteiger partial charge is 0.323 e. The molecule has 15 heavy (non-hydrogen) atoms. The number of benzene rings is 1. The van der Waals surface area contributed by atoms with Crippen molar-refractivity contribution >= 4 is 11.8 Å². The summed E-state index contributed by atoms with van der Waals surface area (Å²) in [6.07, 6.45) is 2.26. The summed E-state index contributed by atoms with van der Waals surface area (Å²) in [6.45, 7) is 2.14. The third kappa shape index (κ3) is 2.04. The standard InChI is InChI=1S/C12H16FNS/c1-12(7-4-8-15-12)11(14)9-5-2-3-6-10(9)13/h2-3,5-6,11H,4,7-8,14H2,1H3. The van der Waals surface area contributed by atoms with Crippen molar-refractivity contribution in [3.63, 3.8) is 0 Å². The highest BCUT2D eigenvalue weighted by Crippen LogP contribution is 2.45. The molecular formula is C12H16FNS. The SMILES string of the molecule is CC1(C(N)c2ccccc2F)CCCS1. The molecule has 2 atom stereocenters. The van der Waals surface area contributed by atoms with Gasteiger partial charge in [0.15, 0.2) is 0 Å². The lowest BCUT2D eigenvalue weighted by molar-refractivity contribution is 0.478. The van der Waals surface area contributed by atoms with E-state index in [9.17, 15) is 4.39 Å². The summed E-state index contributed by atoms with van der Waals surface area (Å²) >= 11 is 1.86. The van der Waals surface area contributed by atoms with Gasteiger partial charge in [-0.3, -0.25) is 0 Å². The van der Waals surface area contributed by atoms with E-state index in [1.165, 1.54) is 12.5 Å². The molecule has 1 saturated heterocycles. The average molecular weight is 225 g/mol. The van der Waals surface area contributed by atoms with Gasteiger partial charge >= 0.3 is 0 Å². The first-order chi connectivity index (χ1) is 7.13. The third-order valence-corrected chi connectivity index (χ3v) is 4.76. The van der Waals surface area contributed by atoms with Gasteiger partial charge < -0.3 is 5.73 Å². The Morgan fingerprint density at radius 1 is 1.47 bits per heavy atom. The molecule has 2 N–H and O–H groups in total. The molecule has 1 aliphatic heterocycles. The van der Waals surface area contributed by atoms with Crippen molar-refractivity contribution in [2.24, 2.45) is 5.73 Å². The Bertz CT molecular complexity index is 347. The van der Waals surface area contributed by atoms with Crippen LogP contribution in [0.2, 0.25) is 0 Å². The van der Waals surface area contributed by atoms with E-state index in [4.69, 9.17) is 5.73 Å². The maximum absolute atomic E-state index is 13.6. The molecule has 0 aliphatic carbocycles. The van der Waals surface area contributed by atoms with E-state index < -0.39 is 0 Å². The Balaban J connectivity index is 2.27. The summed E-state index contributed by atoms with van der Waals surface area (Å²) in [6, 6.07) is 6.63. The molecule has 0 spiro atoms. The Hall–Kier alpha value is -0.540. The number of hydrogen-bond donors (Lipinski definition) is 1. The average Bonchev–Trinajstić information content (AvgIpc) is 2.66. The van der Waals surface area contributed by atoms with Crippen molar-refractivity contribution in [1.82, 2.24) is 0 Å². The van der Waals surface area contributed by atoms with Gasteiger partial charge in [-0.15, -0.1) is 0 Å². The van der Waals surface area contributed by atoms with Crippen LogP contribution in [-0.2, 0) is 0 Å². The van der Waals surface area contributed by atoms with Crippen LogP contribution in [0.15, 0.2) is 24.3 Å². The lowest BCUT2D eigenvalue weighted by Gasteiger charge is -2.30. The molecule has 1 aromatic rings. The third-order valence-electron chi connectivity index (χ3n) is 3.15. The summed E-state index contributed by atoms with van der Waals surface area (Å²) in [7, 11) is 0. The molecule has 0 saturated carbocycles. The van der Waals surface area contributed by atoms with Crippen LogP contribution in [0.3, 0.4) is 0 Å². The van der Waals surface area contributed by atoms with Crippen LogP contribution in [0.25, 0.3) is 0 Å². The summed E-state index contributed by atoms with van der Waals surface area (Å²) in [5.41, 5.74) is 6.82. The minimum absolute atomic E-state index is 0.00218. The Morgan fingerprint density at radius 2 is 2.20 bits per heavy atom. The van der Waals surface area contributed by atoms with Crippen molar-refractivity contribution in [2.75, 3.05) is 5.75 Å². The summed E-state index contributed by atoms with van der Waals surface area (Å²) in [5.74, 6) is 0.956. The van der Waals surface area contributed by atoms with Crippen molar-refractivity contribution in [3.8, 4) is 0 Å². The molecule has 1 nitrogen and oxygen atoms in total. The number of halogens is 1. The highest BCUT2D eigenvalue weighted by Gasteiger charge is 2.37. The molecule has 0 bridgehead atoms. The van der Waals surface area contributed by atoms with Crippen LogP contribution in [0.4, 0.5) is 4.39 Å². The minimum Gasteiger partial charge on any atom is -0.323 e. The summed E-state index contributed by atoms with van der Waals surface area (Å²) < 4.78 is 13.6. The number of nitrogens with two attached hydrogens (primary N) is 1. The van der Waals surface area contributed by atoms with E-state index in [1.54, 1.807) is 12.1 Å². The van der Waals surface area contributed by atoms with Gasteiger partial charge in [-0.25, -0.2) is 4.39 Å². The maximum atomic E-state index is 13.6. The van der Waals surface area contributed by atoms with E-state index in [1.807, 2.05) is 17.8 Å². The Morgan fingerprint density at radius 3 is 2.80 bits per heavy atom. The van der Waals surface area contributed by atoms with Gasteiger partial charge in [-0.2, -0.15) is 11.8 Å². The molecule has 82 valence electrons. The van der Waals surface area contributed by atoms with Crippen LogP contribution in [-0.4, -0.2) is 10.5 Å². The smallest absolute Gasteiger partial charge is 0.128 e. The van der Waals surface area contributed by atoms with Crippen LogP contribution < -0.4 is 5.73 Å². The van der Waals surface area contributed by atoms with Crippen LogP contribution >= 0.6 is 11.8 Å².